The van der Waals surface area contributed by atoms with Crippen LogP contribution in [-0.4, -0.2) is 45.4 Å². The molecule has 1 aromatic heterocycles. The van der Waals surface area contributed by atoms with Crippen LogP contribution in [0, 0.1) is 0 Å². The Balaban J connectivity index is 1.49. The van der Waals surface area contributed by atoms with E-state index in [0.717, 1.165) is 36.2 Å². The van der Waals surface area contributed by atoms with E-state index in [0.29, 0.717) is 18.5 Å². The highest BCUT2D eigenvalue weighted by Gasteiger charge is 2.24. The van der Waals surface area contributed by atoms with Gasteiger partial charge in [0, 0.05) is 31.1 Å². The number of hydrogen-bond acceptors (Lipinski definition) is 3. The van der Waals surface area contributed by atoms with Crippen molar-refractivity contribution >= 4 is 22.8 Å². The van der Waals surface area contributed by atoms with E-state index in [4.69, 9.17) is 4.98 Å². The number of rotatable bonds is 6. The monoisotopic (exact) mass is 404 g/mol. The number of para-hydroxylation sites is 2. The van der Waals surface area contributed by atoms with Gasteiger partial charge in [0.25, 0.3) is 5.91 Å². The summed E-state index contributed by atoms with van der Waals surface area (Å²) in [7, 11) is 0. The molecule has 156 valence electrons. The van der Waals surface area contributed by atoms with Crippen molar-refractivity contribution in [1.29, 1.82) is 0 Å². The van der Waals surface area contributed by atoms with Gasteiger partial charge < -0.3 is 14.8 Å². The summed E-state index contributed by atoms with van der Waals surface area (Å²) in [6.45, 7) is 3.70. The van der Waals surface area contributed by atoms with Crippen LogP contribution in [0.1, 0.15) is 42.4 Å². The Morgan fingerprint density at radius 2 is 1.83 bits per heavy atom. The van der Waals surface area contributed by atoms with Gasteiger partial charge in [0.15, 0.2) is 0 Å². The van der Waals surface area contributed by atoms with Crippen LogP contribution in [0.2, 0.25) is 0 Å². The zero-order valence-corrected chi connectivity index (χ0v) is 17.4. The van der Waals surface area contributed by atoms with Gasteiger partial charge in [0.1, 0.15) is 12.4 Å². The average Bonchev–Trinajstić information content (AvgIpc) is 3.12. The van der Waals surface area contributed by atoms with Crippen LogP contribution in [0.15, 0.2) is 54.6 Å². The van der Waals surface area contributed by atoms with Crippen LogP contribution in [0.25, 0.3) is 11.0 Å². The van der Waals surface area contributed by atoms with E-state index in [1.165, 1.54) is 6.42 Å². The number of imidazole rings is 1. The number of hydrogen-bond donors (Lipinski definition) is 1. The number of likely N-dealkylation sites (tertiary alicyclic amines) is 1. The molecule has 6 nitrogen and oxygen atoms in total. The third-order valence-electron chi connectivity index (χ3n) is 5.82. The van der Waals surface area contributed by atoms with Gasteiger partial charge in [-0.05, 0) is 50.5 Å². The SMILES string of the molecule is CC1CCCCN1C(=O)Cn1c(CCNC(=O)c2ccccc2)nc2ccccc21. The summed E-state index contributed by atoms with van der Waals surface area (Å²) in [6, 6.07) is 17.3. The normalized spacial score (nSPS) is 16.6. The lowest BCUT2D eigenvalue weighted by molar-refractivity contribution is -0.135. The molecule has 2 amide bonds. The van der Waals surface area contributed by atoms with Gasteiger partial charge in [-0.2, -0.15) is 0 Å². The van der Waals surface area contributed by atoms with Crippen LogP contribution < -0.4 is 5.32 Å². The van der Waals surface area contributed by atoms with Gasteiger partial charge in [-0.1, -0.05) is 30.3 Å². The standard InChI is InChI=1S/C24H28N4O2/c1-18-9-7-8-16-27(18)23(29)17-28-21-13-6-5-12-20(21)26-22(28)14-15-25-24(30)19-10-3-2-4-11-19/h2-6,10-13,18H,7-9,14-17H2,1H3,(H,25,30). The largest absolute Gasteiger partial charge is 0.352 e. The van der Waals surface area contributed by atoms with Crippen LogP contribution in [0.3, 0.4) is 0 Å². The summed E-state index contributed by atoms with van der Waals surface area (Å²) in [5.41, 5.74) is 2.47. The van der Waals surface area contributed by atoms with E-state index in [9.17, 15) is 9.59 Å². The lowest BCUT2D eigenvalue weighted by atomic mass is 10.0. The molecule has 1 aliphatic heterocycles. The molecule has 0 bridgehead atoms. The third kappa shape index (κ3) is 4.37. The highest BCUT2D eigenvalue weighted by atomic mass is 16.2. The Labute approximate surface area is 176 Å². The maximum Gasteiger partial charge on any atom is 0.251 e. The van der Waals surface area contributed by atoms with E-state index in [2.05, 4.69) is 12.2 Å². The second kappa shape index (κ2) is 9.11. The van der Waals surface area contributed by atoms with E-state index in [1.807, 2.05) is 51.9 Å². The summed E-state index contributed by atoms with van der Waals surface area (Å²) in [6.07, 6.45) is 3.88. The van der Waals surface area contributed by atoms with Crippen LogP contribution in [-0.2, 0) is 17.8 Å². The number of carbonyl (C=O) groups is 2. The molecule has 1 unspecified atom stereocenters. The first-order valence-electron chi connectivity index (χ1n) is 10.7. The lowest BCUT2D eigenvalue weighted by Gasteiger charge is -2.33. The van der Waals surface area contributed by atoms with Crippen LogP contribution in [0.5, 0.6) is 0 Å². The molecule has 1 N–H and O–H groups in total. The fraction of sp³-hybridized carbons (Fsp3) is 0.375. The zero-order chi connectivity index (χ0) is 20.9. The molecule has 1 saturated heterocycles. The summed E-state index contributed by atoms with van der Waals surface area (Å²) >= 11 is 0. The number of nitrogens with zero attached hydrogens (tertiary/aromatic N) is 3. The number of nitrogens with one attached hydrogen (secondary N) is 1. The molecule has 0 radical (unpaired) electrons. The summed E-state index contributed by atoms with van der Waals surface area (Å²) in [5, 5.41) is 2.96. The van der Waals surface area contributed by atoms with Crippen LogP contribution in [0.4, 0.5) is 0 Å². The number of benzene rings is 2. The van der Waals surface area contributed by atoms with Crippen molar-refractivity contribution in [2.75, 3.05) is 13.1 Å². The molecule has 2 heterocycles. The number of fused-ring (bicyclic) bond motifs is 1. The fourth-order valence-corrected chi connectivity index (χ4v) is 4.17. The second-order valence-electron chi connectivity index (χ2n) is 7.91. The Morgan fingerprint density at radius 3 is 2.63 bits per heavy atom. The van der Waals surface area contributed by atoms with Gasteiger partial charge in [0.05, 0.1) is 11.0 Å². The van der Waals surface area contributed by atoms with Crippen molar-refractivity contribution in [3.05, 3.63) is 66.0 Å². The first-order valence-corrected chi connectivity index (χ1v) is 10.7. The first-order chi connectivity index (χ1) is 14.6. The molecule has 0 aliphatic carbocycles. The number of amides is 2. The molecular weight excluding hydrogens is 376 g/mol. The second-order valence-corrected chi connectivity index (χ2v) is 7.91. The van der Waals surface area contributed by atoms with Crippen molar-refractivity contribution in [3.8, 4) is 0 Å². The molecule has 0 saturated carbocycles. The molecule has 2 aromatic carbocycles. The molecule has 6 heteroatoms. The molecule has 4 rings (SSSR count). The Bertz CT molecular complexity index is 1030. The predicted molar refractivity (Wildman–Crippen MR) is 117 cm³/mol. The van der Waals surface area contributed by atoms with Gasteiger partial charge in [-0.3, -0.25) is 9.59 Å². The Kier molecular flexibility index (Phi) is 6.12. The van der Waals surface area contributed by atoms with Gasteiger partial charge in [0.2, 0.25) is 5.91 Å². The maximum absolute atomic E-state index is 13.0. The Hall–Kier alpha value is -3.15. The summed E-state index contributed by atoms with van der Waals surface area (Å²) in [5.74, 6) is 0.860. The minimum atomic E-state index is -0.100. The molecule has 1 atom stereocenters. The molecule has 1 fully saturated rings. The smallest absolute Gasteiger partial charge is 0.251 e. The quantitative estimate of drug-likeness (QED) is 0.685. The summed E-state index contributed by atoms with van der Waals surface area (Å²) < 4.78 is 2.01. The van der Waals surface area contributed by atoms with Gasteiger partial charge in [-0.15, -0.1) is 0 Å². The minimum Gasteiger partial charge on any atom is -0.352 e. The number of piperidine rings is 1. The van der Waals surface area contributed by atoms with E-state index >= 15 is 0 Å². The van der Waals surface area contributed by atoms with Crippen molar-refractivity contribution < 1.29 is 9.59 Å². The first kappa shape index (κ1) is 20.1. The fourth-order valence-electron chi connectivity index (χ4n) is 4.17. The lowest BCUT2D eigenvalue weighted by Crippen LogP contribution is -2.43. The molecule has 0 spiro atoms. The van der Waals surface area contributed by atoms with Gasteiger partial charge >= 0.3 is 0 Å². The summed E-state index contributed by atoms with van der Waals surface area (Å²) in [4.78, 5) is 32.1. The Morgan fingerprint density at radius 1 is 1.07 bits per heavy atom. The molecular formula is C24H28N4O2. The van der Waals surface area contributed by atoms with Crippen molar-refractivity contribution in [3.63, 3.8) is 0 Å². The van der Waals surface area contributed by atoms with Crippen LogP contribution >= 0.6 is 0 Å². The average molecular weight is 405 g/mol. The third-order valence-corrected chi connectivity index (χ3v) is 5.82. The van der Waals surface area contributed by atoms with E-state index < -0.39 is 0 Å². The molecule has 3 aromatic rings. The maximum atomic E-state index is 13.0. The highest BCUT2D eigenvalue weighted by molar-refractivity contribution is 5.94. The number of carbonyl (C=O) groups excluding carboxylic acids is 2. The predicted octanol–water partition coefficient (Wildman–Crippen LogP) is 3.41. The van der Waals surface area contributed by atoms with Crippen molar-refractivity contribution in [2.24, 2.45) is 0 Å². The zero-order valence-electron chi connectivity index (χ0n) is 17.4. The molecule has 1 aliphatic rings. The van der Waals surface area contributed by atoms with Gasteiger partial charge in [-0.25, -0.2) is 4.98 Å². The topological polar surface area (TPSA) is 67.2 Å². The van der Waals surface area contributed by atoms with Crippen molar-refractivity contribution in [1.82, 2.24) is 19.8 Å². The van der Waals surface area contributed by atoms with E-state index in [-0.39, 0.29) is 24.4 Å². The van der Waals surface area contributed by atoms with E-state index in [1.54, 1.807) is 12.1 Å². The van der Waals surface area contributed by atoms with Crippen molar-refractivity contribution in [2.45, 2.75) is 45.2 Å². The number of aromatic nitrogens is 2. The highest BCUT2D eigenvalue weighted by Crippen LogP contribution is 2.20. The molecule has 30 heavy (non-hydrogen) atoms. The minimum absolute atomic E-state index is 0.100.